The van der Waals surface area contributed by atoms with Crippen LogP contribution in [-0.4, -0.2) is 49.5 Å². The van der Waals surface area contributed by atoms with Crippen LogP contribution < -0.4 is 9.47 Å². The van der Waals surface area contributed by atoms with Gasteiger partial charge in [-0.25, -0.2) is 0 Å². The Kier molecular flexibility index (Phi) is 5.88. The SMILES string of the molecule is CCOc1c(CC2CN(CC)CCC2O)cccc1OC. The Balaban J connectivity index is 2.17. The topological polar surface area (TPSA) is 41.9 Å². The highest BCUT2D eigenvalue weighted by atomic mass is 16.5. The maximum Gasteiger partial charge on any atom is 0.164 e. The van der Waals surface area contributed by atoms with Crippen molar-refractivity contribution in [3.63, 3.8) is 0 Å². The van der Waals surface area contributed by atoms with E-state index in [1.54, 1.807) is 7.11 Å². The molecule has 4 heteroatoms. The summed E-state index contributed by atoms with van der Waals surface area (Å²) in [5, 5.41) is 10.3. The number of hydrogen-bond donors (Lipinski definition) is 1. The number of aliphatic hydroxyl groups is 1. The first-order valence-corrected chi connectivity index (χ1v) is 7.88. The number of benzene rings is 1. The van der Waals surface area contributed by atoms with Crippen LogP contribution in [0.3, 0.4) is 0 Å². The first kappa shape index (κ1) is 16.1. The normalized spacial score (nSPS) is 23.0. The van der Waals surface area contributed by atoms with Crippen LogP contribution in [0.4, 0.5) is 0 Å². The molecule has 1 N–H and O–H groups in total. The lowest BCUT2D eigenvalue weighted by atomic mass is 9.88. The van der Waals surface area contributed by atoms with Crippen LogP contribution in [0.15, 0.2) is 18.2 Å². The Hall–Kier alpha value is -1.26. The van der Waals surface area contributed by atoms with Gasteiger partial charge >= 0.3 is 0 Å². The Labute approximate surface area is 127 Å². The second-order valence-electron chi connectivity index (χ2n) is 5.59. The highest BCUT2D eigenvalue weighted by Crippen LogP contribution is 2.34. The summed E-state index contributed by atoms with van der Waals surface area (Å²) >= 11 is 0. The maximum atomic E-state index is 10.3. The summed E-state index contributed by atoms with van der Waals surface area (Å²) in [5.41, 5.74) is 1.12. The van der Waals surface area contributed by atoms with Crippen molar-refractivity contribution in [2.75, 3.05) is 33.4 Å². The molecule has 2 atom stereocenters. The van der Waals surface area contributed by atoms with Crippen LogP contribution in [0, 0.1) is 5.92 Å². The third-order valence-electron chi connectivity index (χ3n) is 4.28. The molecule has 0 amide bonds. The summed E-state index contributed by atoms with van der Waals surface area (Å²) in [5.74, 6) is 1.85. The lowest BCUT2D eigenvalue weighted by Gasteiger charge is -2.36. The van der Waals surface area contributed by atoms with E-state index in [0.717, 1.165) is 49.5 Å². The Bertz CT molecular complexity index is 450. The van der Waals surface area contributed by atoms with Crippen molar-refractivity contribution in [1.82, 2.24) is 4.90 Å². The van der Waals surface area contributed by atoms with E-state index in [2.05, 4.69) is 17.9 Å². The molecule has 0 aromatic heterocycles. The molecule has 21 heavy (non-hydrogen) atoms. The van der Waals surface area contributed by atoms with Crippen molar-refractivity contribution in [2.24, 2.45) is 5.92 Å². The average Bonchev–Trinajstić information content (AvgIpc) is 2.51. The van der Waals surface area contributed by atoms with Gasteiger partial charge < -0.3 is 19.5 Å². The van der Waals surface area contributed by atoms with Gasteiger partial charge in [0.2, 0.25) is 0 Å². The standard InChI is InChI=1S/C17H27NO3/c1-4-18-10-9-15(19)14(12-18)11-13-7-6-8-16(20-3)17(13)21-5-2/h6-8,14-15,19H,4-5,9-12H2,1-3H3. The van der Waals surface area contributed by atoms with Crippen LogP contribution in [0.5, 0.6) is 11.5 Å². The van der Waals surface area contributed by atoms with Crippen molar-refractivity contribution in [2.45, 2.75) is 32.8 Å². The molecule has 1 fully saturated rings. The minimum absolute atomic E-state index is 0.228. The number of ether oxygens (including phenoxy) is 2. The summed E-state index contributed by atoms with van der Waals surface area (Å²) in [6, 6.07) is 5.98. The van der Waals surface area contributed by atoms with Crippen LogP contribution in [0.2, 0.25) is 0 Å². The molecule has 2 unspecified atom stereocenters. The second kappa shape index (κ2) is 7.66. The summed E-state index contributed by atoms with van der Waals surface area (Å²) in [7, 11) is 1.66. The molecule has 0 spiro atoms. The number of aliphatic hydroxyl groups excluding tert-OH is 1. The molecule has 1 saturated heterocycles. The van der Waals surface area contributed by atoms with E-state index in [4.69, 9.17) is 9.47 Å². The fraction of sp³-hybridized carbons (Fsp3) is 0.647. The van der Waals surface area contributed by atoms with E-state index in [-0.39, 0.29) is 12.0 Å². The Morgan fingerprint density at radius 1 is 1.33 bits per heavy atom. The maximum absolute atomic E-state index is 10.3. The van der Waals surface area contributed by atoms with E-state index >= 15 is 0 Å². The number of methoxy groups -OCH3 is 1. The number of hydrogen-bond acceptors (Lipinski definition) is 4. The van der Waals surface area contributed by atoms with Gasteiger partial charge in [0.1, 0.15) is 0 Å². The predicted molar refractivity (Wildman–Crippen MR) is 84.1 cm³/mol. The fourth-order valence-corrected chi connectivity index (χ4v) is 3.06. The lowest BCUT2D eigenvalue weighted by Crippen LogP contribution is -2.43. The number of para-hydroxylation sites is 1. The fourth-order valence-electron chi connectivity index (χ4n) is 3.06. The van der Waals surface area contributed by atoms with E-state index in [1.807, 2.05) is 19.1 Å². The summed E-state index contributed by atoms with van der Waals surface area (Å²) in [6.45, 7) is 7.74. The minimum Gasteiger partial charge on any atom is -0.493 e. The molecule has 0 aliphatic carbocycles. The molecule has 0 saturated carbocycles. The number of rotatable bonds is 6. The van der Waals surface area contributed by atoms with Gasteiger partial charge in [0.15, 0.2) is 11.5 Å². The van der Waals surface area contributed by atoms with Crippen molar-refractivity contribution in [3.8, 4) is 11.5 Å². The van der Waals surface area contributed by atoms with Gasteiger partial charge in [-0.2, -0.15) is 0 Å². The largest absolute Gasteiger partial charge is 0.493 e. The van der Waals surface area contributed by atoms with E-state index in [0.29, 0.717) is 6.61 Å². The molecule has 0 radical (unpaired) electrons. The molecular weight excluding hydrogens is 266 g/mol. The Morgan fingerprint density at radius 2 is 2.14 bits per heavy atom. The average molecular weight is 293 g/mol. The Morgan fingerprint density at radius 3 is 2.81 bits per heavy atom. The van der Waals surface area contributed by atoms with Gasteiger partial charge in [-0.05, 0) is 37.9 Å². The molecule has 1 aliphatic rings. The zero-order chi connectivity index (χ0) is 15.2. The smallest absolute Gasteiger partial charge is 0.164 e. The molecule has 4 nitrogen and oxygen atoms in total. The van der Waals surface area contributed by atoms with Crippen molar-refractivity contribution in [3.05, 3.63) is 23.8 Å². The number of piperidine rings is 1. The summed E-state index contributed by atoms with van der Waals surface area (Å²) in [6.07, 6.45) is 1.45. The molecule has 118 valence electrons. The summed E-state index contributed by atoms with van der Waals surface area (Å²) < 4.78 is 11.2. The quantitative estimate of drug-likeness (QED) is 0.874. The van der Waals surface area contributed by atoms with Gasteiger partial charge in [0, 0.05) is 19.0 Å². The second-order valence-corrected chi connectivity index (χ2v) is 5.59. The third-order valence-corrected chi connectivity index (χ3v) is 4.28. The molecule has 0 bridgehead atoms. The highest BCUT2D eigenvalue weighted by Gasteiger charge is 2.28. The van der Waals surface area contributed by atoms with Crippen LogP contribution >= 0.6 is 0 Å². The van der Waals surface area contributed by atoms with Gasteiger partial charge in [0.05, 0.1) is 19.8 Å². The first-order valence-electron chi connectivity index (χ1n) is 7.88. The van der Waals surface area contributed by atoms with Crippen molar-refractivity contribution >= 4 is 0 Å². The third kappa shape index (κ3) is 3.89. The monoisotopic (exact) mass is 293 g/mol. The van der Waals surface area contributed by atoms with Crippen LogP contribution in [0.25, 0.3) is 0 Å². The van der Waals surface area contributed by atoms with E-state index in [1.165, 1.54) is 0 Å². The van der Waals surface area contributed by atoms with Crippen molar-refractivity contribution < 1.29 is 14.6 Å². The highest BCUT2D eigenvalue weighted by molar-refractivity contribution is 5.47. The van der Waals surface area contributed by atoms with Gasteiger partial charge in [0.25, 0.3) is 0 Å². The zero-order valence-corrected chi connectivity index (χ0v) is 13.3. The zero-order valence-electron chi connectivity index (χ0n) is 13.3. The predicted octanol–water partition coefficient (Wildman–Crippen LogP) is 2.34. The molecule has 2 rings (SSSR count). The molecule has 1 heterocycles. The first-order chi connectivity index (χ1) is 10.2. The van der Waals surface area contributed by atoms with E-state index < -0.39 is 0 Å². The summed E-state index contributed by atoms with van der Waals surface area (Å²) in [4.78, 5) is 2.40. The molecule has 1 aromatic carbocycles. The lowest BCUT2D eigenvalue weighted by molar-refractivity contribution is 0.0287. The molecule has 1 aromatic rings. The minimum atomic E-state index is -0.228. The number of nitrogens with zero attached hydrogens (tertiary/aromatic N) is 1. The van der Waals surface area contributed by atoms with Gasteiger partial charge in [-0.15, -0.1) is 0 Å². The van der Waals surface area contributed by atoms with Crippen LogP contribution in [0.1, 0.15) is 25.8 Å². The molecule has 1 aliphatic heterocycles. The van der Waals surface area contributed by atoms with Gasteiger partial charge in [-0.1, -0.05) is 19.1 Å². The van der Waals surface area contributed by atoms with Gasteiger partial charge in [-0.3, -0.25) is 0 Å². The van der Waals surface area contributed by atoms with Crippen molar-refractivity contribution in [1.29, 1.82) is 0 Å². The van der Waals surface area contributed by atoms with Crippen LogP contribution in [-0.2, 0) is 6.42 Å². The van der Waals surface area contributed by atoms with E-state index in [9.17, 15) is 5.11 Å². The number of likely N-dealkylation sites (tertiary alicyclic amines) is 1. The molecular formula is C17H27NO3.